The summed E-state index contributed by atoms with van der Waals surface area (Å²) in [4.78, 5) is 34.0. The molecule has 0 aromatic rings. The van der Waals surface area contributed by atoms with E-state index in [1.165, 1.54) is 0 Å². The minimum Gasteiger partial charge on any atom is -0.822 e. The van der Waals surface area contributed by atoms with Crippen LogP contribution in [0.3, 0.4) is 0 Å². The molecule has 0 N–H and O–H groups in total. The van der Waals surface area contributed by atoms with Gasteiger partial charge in [0.1, 0.15) is 0 Å². The van der Waals surface area contributed by atoms with Crippen molar-refractivity contribution in [2.24, 2.45) is 0 Å². The van der Waals surface area contributed by atoms with Crippen LogP contribution >= 0.6 is 7.82 Å². The molecule has 0 fully saturated rings. The van der Waals surface area contributed by atoms with Crippen LogP contribution in [0.1, 0.15) is 0 Å². The van der Waals surface area contributed by atoms with Crippen LogP contribution in [0.4, 0.5) is 4.79 Å². The number of carbonyl (C=O) groups excluding carboxylic acids is 1. The van der Waals surface area contributed by atoms with Crippen LogP contribution in [0.2, 0.25) is 0 Å². The molecule has 0 atom stereocenters. The van der Waals surface area contributed by atoms with Gasteiger partial charge in [-0.2, -0.15) is 7.82 Å². The normalized spacial score (nSPS) is 7.55. The van der Waals surface area contributed by atoms with Gasteiger partial charge in [-0.25, -0.2) is 0 Å². The van der Waals surface area contributed by atoms with Gasteiger partial charge in [0.2, 0.25) is 0 Å². The fourth-order valence-electron chi connectivity index (χ4n) is 0. The van der Waals surface area contributed by atoms with Crippen LogP contribution in [-0.4, -0.2) is 6.16 Å². The van der Waals surface area contributed by atoms with Gasteiger partial charge in [0.05, 0.1) is 0 Å². The molecule has 0 radical (unpaired) electrons. The van der Waals surface area contributed by atoms with Crippen molar-refractivity contribution >= 4 is 14.0 Å². The number of hydrogen-bond donors (Lipinski definition) is 0. The maximum Gasteiger partial charge on any atom is 3.00 e. The fourth-order valence-corrected chi connectivity index (χ4v) is 0. The maximum absolute atomic E-state index is 8.55. The first kappa shape index (κ1) is 23.0. The topological polar surface area (TPSA) is 149 Å². The summed E-state index contributed by atoms with van der Waals surface area (Å²) in [5.41, 5.74) is 0. The van der Waals surface area contributed by atoms with Gasteiger partial charge in [-0.15, -0.1) is 0 Å². The zero-order valence-electron chi connectivity index (χ0n) is 4.96. The zero-order valence-corrected chi connectivity index (χ0v) is 13.1. The molecule has 0 heterocycles. The molecule has 0 bridgehead atoms. The molecular formula is CLa2O7P+. The first-order chi connectivity index (χ1) is 3.73. The summed E-state index contributed by atoms with van der Waals surface area (Å²) in [6, 6.07) is 0. The Morgan fingerprint density at radius 3 is 1.00 bits per heavy atom. The molecule has 11 heavy (non-hydrogen) atoms. The summed E-state index contributed by atoms with van der Waals surface area (Å²) < 4.78 is 8.55. The number of hydrogen-bond acceptors (Lipinski definition) is 7. The largest absolute Gasteiger partial charge is 3.00 e. The van der Waals surface area contributed by atoms with Crippen molar-refractivity contribution in [3.63, 3.8) is 0 Å². The summed E-state index contributed by atoms with van der Waals surface area (Å²) in [5, 5.41) is 16.7. The van der Waals surface area contributed by atoms with Crippen molar-refractivity contribution in [1.82, 2.24) is 0 Å². The van der Waals surface area contributed by atoms with E-state index in [1.807, 2.05) is 0 Å². The van der Waals surface area contributed by atoms with Gasteiger partial charge in [-0.05, 0) is 6.16 Å². The Bertz CT molecular complexity index is 116. The summed E-state index contributed by atoms with van der Waals surface area (Å²) in [7, 11) is -5.39. The Kier molecular flexibility index (Phi) is 24.6. The molecular weight excluding hydrogens is 433 g/mol. The minimum atomic E-state index is -5.39. The number of carboxylic acid groups (broad SMARTS) is 2. The van der Waals surface area contributed by atoms with E-state index in [0.29, 0.717) is 0 Å². The fraction of sp³-hybridized carbons (Fsp3) is 0. The summed E-state index contributed by atoms with van der Waals surface area (Å²) in [6.07, 6.45) is -2.33. The third-order valence-electron chi connectivity index (χ3n) is 0. The molecule has 56 valence electrons. The summed E-state index contributed by atoms with van der Waals surface area (Å²) >= 11 is 0. The Morgan fingerprint density at radius 1 is 1.00 bits per heavy atom. The van der Waals surface area contributed by atoms with E-state index >= 15 is 0 Å². The van der Waals surface area contributed by atoms with Crippen LogP contribution in [0.5, 0.6) is 0 Å². The zero-order chi connectivity index (χ0) is 8.08. The van der Waals surface area contributed by atoms with E-state index in [0.717, 1.165) is 0 Å². The van der Waals surface area contributed by atoms with Crippen molar-refractivity contribution in [2.75, 3.05) is 0 Å². The van der Waals surface area contributed by atoms with E-state index < -0.39 is 14.0 Å². The molecule has 0 aliphatic heterocycles. The van der Waals surface area contributed by atoms with Crippen LogP contribution in [0, 0.1) is 71.2 Å². The van der Waals surface area contributed by atoms with Crippen molar-refractivity contribution in [2.45, 2.75) is 0 Å². The van der Waals surface area contributed by atoms with Gasteiger partial charge in [0.15, 0.2) is 0 Å². The number of rotatable bonds is 0. The standard InChI is InChI=1S/CH2O3.2La.H3O4P/c2-1(3)4;;;1-5(2,3)4/h(H2,2,3,4);;;(H3,1,2,3,4)/q;2*+3;/p-5. The van der Waals surface area contributed by atoms with Gasteiger partial charge in [-0.1, -0.05) is 0 Å². The van der Waals surface area contributed by atoms with Crippen molar-refractivity contribution in [3.8, 4) is 0 Å². The molecule has 7 nitrogen and oxygen atoms in total. The van der Waals surface area contributed by atoms with Crippen LogP contribution in [0.25, 0.3) is 0 Å². The van der Waals surface area contributed by atoms with Gasteiger partial charge >= 0.3 is 71.2 Å². The molecule has 0 aromatic carbocycles. The third-order valence-corrected chi connectivity index (χ3v) is 0. The molecule has 0 rings (SSSR count). The predicted octanol–water partition coefficient (Wildman–Crippen LogP) is -5.27. The average molecular weight is 433 g/mol. The Morgan fingerprint density at radius 2 is 1.00 bits per heavy atom. The first-order valence-electron chi connectivity index (χ1n) is 1.34. The quantitative estimate of drug-likeness (QED) is 0.347. The average Bonchev–Trinajstić information content (AvgIpc) is 1.19. The van der Waals surface area contributed by atoms with Crippen molar-refractivity contribution in [3.05, 3.63) is 0 Å². The van der Waals surface area contributed by atoms with E-state index in [2.05, 4.69) is 0 Å². The number of phosphoric acid groups is 1. The molecule has 0 saturated heterocycles. The Labute approximate surface area is 118 Å². The monoisotopic (exact) mass is 433 g/mol. The van der Waals surface area contributed by atoms with E-state index in [4.69, 9.17) is 34.3 Å². The SMILES string of the molecule is O=C([O-])[O-].O=P([O-])([O-])[O-].[La+3].[La+3]. The van der Waals surface area contributed by atoms with Crippen molar-refractivity contribution in [1.29, 1.82) is 0 Å². The third kappa shape index (κ3) is 359. The van der Waals surface area contributed by atoms with Crippen LogP contribution in [-0.2, 0) is 4.57 Å². The smallest absolute Gasteiger partial charge is 0.822 e. The number of carbonyl (C=O) groups is 1. The molecule has 0 aromatic heterocycles. The Hall–Kier alpha value is 1.77. The molecule has 0 unspecified atom stereocenters. The van der Waals surface area contributed by atoms with E-state index in [9.17, 15) is 0 Å². The molecule has 0 aliphatic carbocycles. The molecule has 0 spiro atoms. The maximum atomic E-state index is 8.55. The second-order valence-electron chi connectivity index (χ2n) is 0.697. The van der Waals surface area contributed by atoms with Crippen LogP contribution in [0.15, 0.2) is 0 Å². The van der Waals surface area contributed by atoms with Gasteiger partial charge in [0.25, 0.3) is 0 Å². The van der Waals surface area contributed by atoms with E-state index in [1.54, 1.807) is 0 Å². The molecule has 0 amide bonds. The van der Waals surface area contributed by atoms with Gasteiger partial charge in [-0.3, -0.25) is 0 Å². The molecule has 0 aliphatic rings. The minimum absolute atomic E-state index is 0. The predicted molar refractivity (Wildman–Crippen MR) is 13.0 cm³/mol. The molecule has 10 heteroatoms. The molecule has 0 saturated carbocycles. The van der Waals surface area contributed by atoms with Gasteiger partial charge < -0.3 is 34.3 Å². The summed E-state index contributed by atoms with van der Waals surface area (Å²) in [6.45, 7) is 0. The first-order valence-corrected chi connectivity index (χ1v) is 2.80. The second kappa shape index (κ2) is 11.8. The summed E-state index contributed by atoms with van der Waals surface area (Å²) in [5.74, 6) is 0. The second-order valence-corrected chi connectivity index (χ2v) is 1.59. The van der Waals surface area contributed by atoms with E-state index in [-0.39, 0.29) is 71.2 Å². The Balaban J connectivity index is -0.0000000383. The van der Waals surface area contributed by atoms with Gasteiger partial charge in [0, 0.05) is 0 Å². The van der Waals surface area contributed by atoms with Crippen molar-refractivity contribution < 1.29 is 105 Å². The van der Waals surface area contributed by atoms with Crippen LogP contribution < -0.4 is 24.9 Å².